The average Bonchev–Trinajstić information content (AvgIpc) is 1.61. The quantitative estimate of drug-likeness (QED) is 0.0945. The van der Waals surface area contributed by atoms with E-state index in [1.807, 2.05) is 79.3 Å². The summed E-state index contributed by atoms with van der Waals surface area (Å²) in [7, 11) is 0. The molecule has 3 aromatic heterocycles. The van der Waals surface area contributed by atoms with Gasteiger partial charge in [-0.2, -0.15) is 15.3 Å². The Bertz CT molecular complexity index is 3960. The number of urea groups is 1. The van der Waals surface area contributed by atoms with Gasteiger partial charge in [0, 0.05) is 11.4 Å². The Morgan fingerprint density at radius 2 is 0.929 bits per heavy atom. The maximum absolute atomic E-state index is 13.3. The summed E-state index contributed by atoms with van der Waals surface area (Å²) < 4.78 is 48.7. The number of fused-ring (bicyclic) bond motifs is 3. The molecule has 0 saturated carbocycles. The van der Waals surface area contributed by atoms with Crippen molar-refractivity contribution >= 4 is 128 Å². The van der Waals surface area contributed by atoms with Crippen LogP contribution in [0, 0.1) is 15.2 Å². The molecule has 6 aliphatic rings. The molecule has 12 rings (SSSR count). The first kappa shape index (κ1) is 74.2. The van der Waals surface area contributed by atoms with E-state index in [0.29, 0.717) is 53.8 Å². The number of para-hydroxylation sites is 1. The minimum absolute atomic E-state index is 0.0321. The van der Waals surface area contributed by atoms with Crippen LogP contribution in [0.2, 0.25) is 10.0 Å². The van der Waals surface area contributed by atoms with Crippen molar-refractivity contribution in [2.45, 2.75) is 131 Å². The van der Waals surface area contributed by atoms with Crippen LogP contribution in [0.1, 0.15) is 79.4 Å². The predicted molar refractivity (Wildman–Crippen MR) is 362 cm³/mol. The molecule has 0 aliphatic carbocycles. The van der Waals surface area contributed by atoms with Gasteiger partial charge >= 0.3 is 24.3 Å². The molecule has 30 nitrogen and oxygen atoms in total. The lowest BCUT2D eigenvalue weighted by molar-refractivity contribution is -0.130. The van der Waals surface area contributed by atoms with E-state index in [-0.39, 0.29) is 128 Å². The zero-order valence-electron chi connectivity index (χ0n) is 54.9. The molecular weight excluding hydrogens is 1440 g/mol. The molecular formula is C63H74Cl2F2IN17O13. The number of hydrogen-bond donors (Lipinski definition) is 6. The second-order valence-corrected chi connectivity index (χ2v) is 26.9. The lowest BCUT2D eigenvalue weighted by Gasteiger charge is -2.36. The number of hydrogen-bond acceptors (Lipinski definition) is 16. The number of benzene rings is 3. The fourth-order valence-electron chi connectivity index (χ4n) is 10.1. The van der Waals surface area contributed by atoms with E-state index in [1.165, 1.54) is 46.2 Å². The van der Waals surface area contributed by atoms with Crippen LogP contribution in [0.3, 0.4) is 0 Å². The minimum atomic E-state index is -0.663. The van der Waals surface area contributed by atoms with Crippen LogP contribution in [0.15, 0.2) is 85.3 Å². The number of carbonyl (C=O) groups is 10. The van der Waals surface area contributed by atoms with E-state index in [2.05, 4.69) is 69.8 Å². The number of carbonyl (C=O) groups excluding carboxylic acids is 10. The standard InChI is InChI=1S/C18H18ClFN6O3.C16H23N5O4.C13H9ClFNO2.C12H18IN3O2.C4H6N2O2/c1-10-7-26-15(14(5-22-26)25-9-16(27)21-6-17(25)28)8-24(10)18(29)23-11-2-3-13(20)12(19)4-11;1-10-7-21-12(8-19(10)15(24)25-16(2,3)4)11(5-18-21)20-9-13(22)17-6-14(20)23;14-11-8-9(6-7-12(11)15)16-13(17)18-10-4-2-1-3-5-10;1-8-6-16-10(9(13)5-14-16)7-15(8)11(17)18-12(2,3)4;7-3-1-5-4(8)2-6-3/h2-5,10H,6-9H2,1H3,(H,21,27)(H,23,29);5,10H,6-9H2,1-4H3,(H,17,22);1-8H,(H,16,17);5,8H,6-7H2,1-4H3;1-2H2,(H,5,8)(H,6,7). The zero-order valence-corrected chi connectivity index (χ0v) is 58.6. The van der Waals surface area contributed by atoms with E-state index < -0.39 is 35.0 Å². The van der Waals surface area contributed by atoms with Gasteiger partial charge in [0.15, 0.2) is 0 Å². The Hall–Kier alpha value is -9.64. The van der Waals surface area contributed by atoms with Crippen LogP contribution < -0.4 is 46.4 Å². The molecule has 3 fully saturated rings. The third-order valence-corrected chi connectivity index (χ3v) is 16.5. The number of nitrogens with one attached hydrogen (secondary N) is 6. The van der Waals surface area contributed by atoms with Gasteiger partial charge in [-0.1, -0.05) is 41.4 Å². The van der Waals surface area contributed by atoms with Gasteiger partial charge < -0.3 is 45.7 Å². The molecule has 6 N–H and O–H groups in total. The van der Waals surface area contributed by atoms with Crippen molar-refractivity contribution in [3.8, 4) is 5.75 Å². The highest BCUT2D eigenvalue weighted by Crippen LogP contribution is 2.32. The van der Waals surface area contributed by atoms with Crippen LogP contribution in [-0.2, 0) is 77.5 Å². The average molecular weight is 1510 g/mol. The van der Waals surface area contributed by atoms with E-state index in [1.54, 1.807) is 60.7 Å². The largest absolute Gasteiger partial charge is 0.444 e. The summed E-state index contributed by atoms with van der Waals surface area (Å²) in [6.07, 6.45) is 3.64. The van der Waals surface area contributed by atoms with Crippen molar-refractivity contribution in [1.29, 1.82) is 0 Å². The van der Waals surface area contributed by atoms with Gasteiger partial charge in [-0.3, -0.25) is 67.7 Å². The van der Waals surface area contributed by atoms with Crippen LogP contribution in [0.4, 0.5) is 50.7 Å². The molecule has 6 aromatic rings. The number of aromatic nitrogens is 6. The van der Waals surface area contributed by atoms with Gasteiger partial charge in [0.05, 0.1) is 144 Å². The van der Waals surface area contributed by atoms with E-state index >= 15 is 0 Å². The summed E-state index contributed by atoms with van der Waals surface area (Å²) in [4.78, 5) is 125. The highest BCUT2D eigenvalue weighted by molar-refractivity contribution is 14.1. The van der Waals surface area contributed by atoms with Gasteiger partial charge in [-0.15, -0.1) is 0 Å². The maximum atomic E-state index is 13.3. The minimum Gasteiger partial charge on any atom is -0.444 e. The molecule has 0 spiro atoms. The molecule has 9 heterocycles. The second kappa shape index (κ2) is 32.1. The van der Waals surface area contributed by atoms with Gasteiger partial charge in [0.25, 0.3) is 0 Å². The zero-order chi connectivity index (χ0) is 71.5. The molecule has 3 aromatic carbocycles. The Morgan fingerprint density at radius 3 is 1.37 bits per heavy atom. The monoisotopic (exact) mass is 1510 g/mol. The first-order valence-electron chi connectivity index (χ1n) is 30.7. The SMILES string of the molecule is CC1Cn2ncc(I)c2CN1C(=O)OC(C)(C)C.CC1Cn2ncc(N3CC(=O)NCC3=O)c2CN1C(=O)Nc1ccc(F)c(Cl)c1.CC1Cn2ncc(N3CC(=O)NCC3=O)c2CN1C(=O)OC(C)(C)C.O=C(Nc1ccc(F)c(Cl)c1)Oc1ccccc1.O=C1CNC(=O)CN1. The highest BCUT2D eigenvalue weighted by atomic mass is 127. The van der Waals surface area contributed by atoms with Gasteiger partial charge in [0.2, 0.25) is 35.4 Å². The molecule has 11 amide bonds. The summed E-state index contributed by atoms with van der Waals surface area (Å²) in [6.45, 7) is 19.6. The molecule has 6 aliphatic heterocycles. The first-order valence-corrected chi connectivity index (χ1v) is 32.5. The third kappa shape index (κ3) is 20.0. The van der Waals surface area contributed by atoms with Crippen LogP contribution in [-0.4, -0.2) is 172 Å². The first-order chi connectivity index (χ1) is 46.2. The molecule has 98 heavy (non-hydrogen) atoms. The van der Waals surface area contributed by atoms with E-state index in [4.69, 9.17) is 37.4 Å². The van der Waals surface area contributed by atoms with Crippen molar-refractivity contribution in [3.63, 3.8) is 0 Å². The number of amides is 11. The highest BCUT2D eigenvalue weighted by Gasteiger charge is 2.38. The number of anilines is 4. The number of halogens is 5. The Labute approximate surface area is 585 Å². The van der Waals surface area contributed by atoms with Gasteiger partial charge in [-0.05, 0) is 133 Å². The molecule has 3 atom stereocenters. The second-order valence-electron chi connectivity index (χ2n) is 24.9. The van der Waals surface area contributed by atoms with Crippen LogP contribution in [0.25, 0.3) is 0 Å². The number of rotatable bonds is 5. The van der Waals surface area contributed by atoms with Crippen molar-refractivity contribution < 1.29 is 70.9 Å². The van der Waals surface area contributed by atoms with Crippen molar-refractivity contribution in [2.24, 2.45) is 0 Å². The summed E-state index contributed by atoms with van der Waals surface area (Å²) in [5.41, 5.74) is 3.25. The number of piperazine rings is 3. The van der Waals surface area contributed by atoms with Crippen LogP contribution >= 0.6 is 45.8 Å². The molecule has 0 bridgehead atoms. The summed E-state index contributed by atoms with van der Waals surface area (Å²) in [5.74, 6) is -1.84. The summed E-state index contributed by atoms with van der Waals surface area (Å²) in [6, 6.07) is 15.9. The molecule has 524 valence electrons. The lowest BCUT2D eigenvalue weighted by Crippen LogP contribution is -2.52. The van der Waals surface area contributed by atoms with Gasteiger partial charge in [-0.25, -0.2) is 28.0 Å². The lowest BCUT2D eigenvalue weighted by atomic mass is 10.1. The topological polar surface area (TPSA) is 340 Å². The number of ether oxygens (including phenoxy) is 3. The van der Waals surface area contributed by atoms with E-state index in [0.717, 1.165) is 21.5 Å². The Kier molecular flexibility index (Phi) is 24.3. The van der Waals surface area contributed by atoms with Crippen molar-refractivity contribution in [1.82, 2.24) is 65.3 Å². The smallest absolute Gasteiger partial charge is 0.417 e. The number of nitrogens with zero attached hydrogens (tertiary/aromatic N) is 11. The van der Waals surface area contributed by atoms with Gasteiger partial charge in [0.1, 0.15) is 41.7 Å². The fourth-order valence-corrected chi connectivity index (χ4v) is 11.0. The predicted octanol–water partition coefficient (Wildman–Crippen LogP) is 7.01. The van der Waals surface area contributed by atoms with Crippen molar-refractivity contribution in [3.05, 3.63) is 128 Å². The Balaban J connectivity index is 0.000000163. The fraction of sp³-hybridized carbons (Fsp3) is 0.413. The Morgan fingerprint density at radius 1 is 0.531 bits per heavy atom. The van der Waals surface area contributed by atoms with Crippen molar-refractivity contribution in [2.75, 3.05) is 59.7 Å². The molecule has 3 saturated heterocycles. The molecule has 0 radical (unpaired) electrons. The molecule has 35 heteroatoms. The van der Waals surface area contributed by atoms with E-state index in [9.17, 15) is 56.7 Å². The van der Waals surface area contributed by atoms with Crippen LogP contribution in [0.5, 0.6) is 5.75 Å². The summed E-state index contributed by atoms with van der Waals surface area (Å²) >= 11 is 13.6. The summed E-state index contributed by atoms with van der Waals surface area (Å²) in [5, 5.41) is 27.7. The molecule has 3 unspecified atom stereocenters. The maximum Gasteiger partial charge on any atom is 0.417 e. The third-order valence-electron chi connectivity index (χ3n) is 15.0. The normalized spacial score (nSPS) is 18.0.